The Labute approximate surface area is 86.6 Å². The molecule has 0 radical (unpaired) electrons. The maximum Gasteiger partial charge on any atom is 0.116 e. The lowest BCUT2D eigenvalue weighted by Gasteiger charge is -2.20. The molecule has 1 unspecified atom stereocenters. The molecule has 2 aromatic heterocycles. The van der Waals surface area contributed by atoms with Gasteiger partial charge in [0, 0.05) is 18.8 Å². The zero-order chi connectivity index (χ0) is 10.2. The van der Waals surface area contributed by atoms with Crippen molar-refractivity contribution >= 4 is 11.3 Å². The molecule has 0 bridgehead atoms. The predicted octanol–water partition coefficient (Wildman–Crippen LogP) is 1.74. The molecule has 0 spiro atoms. The normalized spacial score (nSPS) is 15.4. The molecule has 0 aliphatic rings. The Kier molecular flexibility index (Phi) is 2.17. The molecule has 0 aliphatic carbocycles. The van der Waals surface area contributed by atoms with E-state index in [0.29, 0.717) is 0 Å². The molecule has 2 heterocycles. The molecule has 1 N–H and O–H groups in total. The first-order chi connectivity index (χ1) is 6.60. The number of thiophene rings is 1. The molecule has 0 saturated heterocycles. The molecule has 0 amide bonds. The first-order valence-corrected chi connectivity index (χ1v) is 5.29. The largest absolute Gasteiger partial charge is 0.381 e. The summed E-state index contributed by atoms with van der Waals surface area (Å²) in [4.78, 5) is 0. The second kappa shape index (κ2) is 3.22. The lowest BCUT2D eigenvalue weighted by Crippen LogP contribution is -2.21. The smallest absolute Gasteiger partial charge is 0.116 e. The molecule has 3 nitrogen and oxygen atoms in total. The van der Waals surface area contributed by atoms with Crippen LogP contribution in [0.1, 0.15) is 18.1 Å². The second-order valence-corrected chi connectivity index (χ2v) is 4.27. The minimum Gasteiger partial charge on any atom is -0.381 e. The van der Waals surface area contributed by atoms with E-state index < -0.39 is 5.60 Å². The Bertz CT molecular complexity index is 417. The van der Waals surface area contributed by atoms with Gasteiger partial charge in [0.05, 0.1) is 6.20 Å². The highest BCUT2D eigenvalue weighted by atomic mass is 32.1. The minimum absolute atomic E-state index is 0.818. The molecule has 2 rings (SSSR count). The zero-order valence-electron chi connectivity index (χ0n) is 8.14. The number of hydrogen-bond donors (Lipinski definition) is 1. The summed E-state index contributed by atoms with van der Waals surface area (Å²) in [6.07, 6.45) is 3.52. The van der Waals surface area contributed by atoms with Crippen molar-refractivity contribution in [3.05, 3.63) is 40.3 Å². The number of aliphatic hydroxyl groups is 1. The van der Waals surface area contributed by atoms with E-state index in [1.165, 1.54) is 0 Å². The highest BCUT2D eigenvalue weighted by Crippen LogP contribution is 2.29. The Morgan fingerprint density at radius 1 is 1.50 bits per heavy atom. The topological polar surface area (TPSA) is 38.0 Å². The first-order valence-electron chi connectivity index (χ1n) is 4.35. The standard InChI is InChI=1S/C10H12N2OS/c1-10(13,8-3-4-14-7-8)9-5-11-12(2)6-9/h3-7,13H,1-2H3. The summed E-state index contributed by atoms with van der Waals surface area (Å²) in [5, 5.41) is 18.3. The number of aryl methyl sites for hydroxylation is 1. The summed E-state index contributed by atoms with van der Waals surface area (Å²) in [6.45, 7) is 1.78. The van der Waals surface area contributed by atoms with Crippen LogP contribution in [-0.4, -0.2) is 14.9 Å². The van der Waals surface area contributed by atoms with Gasteiger partial charge < -0.3 is 5.11 Å². The van der Waals surface area contributed by atoms with E-state index in [4.69, 9.17) is 0 Å². The number of nitrogens with zero attached hydrogens (tertiary/aromatic N) is 2. The van der Waals surface area contributed by atoms with Crippen molar-refractivity contribution in [2.75, 3.05) is 0 Å². The maximum absolute atomic E-state index is 10.3. The lowest BCUT2D eigenvalue weighted by atomic mass is 9.93. The fraction of sp³-hybridized carbons (Fsp3) is 0.300. The fourth-order valence-electron chi connectivity index (χ4n) is 1.38. The summed E-state index contributed by atoms with van der Waals surface area (Å²) >= 11 is 1.58. The molecule has 14 heavy (non-hydrogen) atoms. The minimum atomic E-state index is -0.936. The fourth-order valence-corrected chi connectivity index (χ4v) is 2.14. The molecule has 0 fully saturated rings. The highest BCUT2D eigenvalue weighted by Gasteiger charge is 2.27. The van der Waals surface area contributed by atoms with E-state index >= 15 is 0 Å². The third-order valence-electron chi connectivity index (χ3n) is 2.35. The van der Waals surface area contributed by atoms with Crippen molar-refractivity contribution in [1.82, 2.24) is 9.78 Å². The van der Waals surface area contributed by atoms with Crippen LogP contribution in [0.25, 0.3) is 0 Å². The molecule has 2 aromatic rings. The first kappa shape index (κ1) is 9.43. The van der Waals surface area contributed by atoms with Crippen molar-refractivity contribution in [2.45, 2.75) is 12.5 Å². The van der Waals surface area contributed by atoms with E-state index in [-0.39, 0.29) is 0 Å². The van der Waals surface area contributed by atoms with E-state index in [9.17, 15) is 5.11 Å². The third-order valence-corrected chi connectivity index (χ3v) is 3.03. The van der Waals surface area contributed by atoms with E-state index in [0.717, 1.165) is 11.1 Å². The summed E-state index contributed by atoms with van der Waals surface area (Å²) in [7, 11) is 1.84. The summed E-state index contributed by atoms with van der Waals surface area (Å²) in [5.74, 6) is 0. The van der Waals surface area contributed by atoms with Crippen LogP contribution < -0.4 is 0 Å². The van der Waals surface area contributed by atoms with E-state index in [2.05, 4.69) is 5.10 Å². The van der Waals surface area contributed by atoms with Gasteiger partial charge in [-0.1, -0.05) is 0 Å². The van der Waals surface area contributed by atoms with Crippen LogP contribution in [0.15, 0.2) is 29.2 Å². The van der Waals surface area contributed by atoms with Gasteiger partial charge in [0.25, 0.3) is 0 Å². The van der Waals surface area contributed by atoms with Gasteiger partial charge in [-0.2, -0.15) is 16.4 Å². The van der Waals surface area contributed by atoms with Gasteiger partial charge in [-0.25, -0.2) is 0 Å². The van der Waals surface area contributed by atoms with Gasteiger partial charge in [-0.05, 0) is 29.3 Å². The van der Waals surface area contributed by atoms with Gasteiger partial charge in [0.1, 0.15) is 5.60 Å². The molecule has 0 aromatic carbocycles. The maximum atomic E-state index is 10.3. The monoisotopic (exact) mass is 208 g/mol. The average Bonchev–Trinajstić information content (AvgIpc) is 2.72. The van der Waals surface area contributed by atoms with Gasteiger partial charge >= 0.3 is 0 Å². The third kappa shape index (κ3) is 1.47. The van der Waals surface area contributed by atoms with Crippen LogP contribution in [0.4, 0.5) is 0 Å². The van der Waals surface area contributed by atoms with Gasteiger partial charge in [0.15, 0.2) is 0 Å². The molecule has 1 atom stereocenters. The van der Waals surface area contributed by atoms with Crippen LogP contribution in [-0.2, 0) is 12.6 Å². The molecule has 4 heteroatoms. The van der Waals surface area contributed by atoms with Crippen LogP contribution in [0.3, 0.4) is 0 Å². The van der Waals surface area contributed by atoms with Crippen molar-refractivity contribution in [1.29, 1.82) is 0 Å². The highest BCUT2D eigenvalue weighted by molar-refractivity contribution is 7.08. The van der Waals surface area contributed by atoms with Crippen LogP contribution in [0.2, 0.25) is 0 Å². The molecular formula is C10H12N2OS. The SMILES string of the molecule is Cn1cc(C(C)(O)c2ccsc2)cn1. The summed E-state index contributed by atoms with van der Waals surface area (Å²) < 4.78 is 1.69. The quantitative estimate of drug-likeness (QED) is 0.816. The molecular weight excluding hydrogens is 196 g/mol. The Morgan fingerprint density at radius 3 is 2.79 bits per heavy atom. The van der Waals surface area contributed by atoms with Crippen LogP contribution in [0, 0.1) is 0 Å². The zero-order valence-corrected chi connectivity index (χ0v) is 8.95. The van der Waals surface area contributed by atoms with Crippen molar-refractivity contribution < 1.29 is 5.11 Å². The second-order valence-electron chi connectivity index (χ2n) is 3.49. The van der Waals surface area contributed by atoms with Gasteiger partial charge in [-0.15, -0.1) is 0 Å². The van der Waals surface area contributed by atoms with Gasteiger partial charge in [-0.3, -0.25) is 4.68 Å². The predicted molar refractivity (Wildman–Crippen MR) is 56.2 cm³/mol. The van der Waals surface area contributed by atoms with Crippen LogP contribution >= 0.6 is 11.3 Å². The van der Waals surface area contributed by atoms with Crippen molar-refractivity contribution in [3.63, 3.8) is 0 Å². The summed E-state index contributed by atoms with van der Waals surface area (Å²) in [5.41, 5.74) is 0.794. The molecule has 0 aliphatic heterocycles. The van der Waals surface area contributed by atoms with Crippen molar-refractivity contribution in [3.8, 4) is 0 Å². The van der Waals surface area contributed by atoms with Gasteiger partial charge in [0.2, 0.25) is 0 Å². The Morgan fingerprint density at radius 2 is 2.29 bits per heavy atom. The summed E-state index contributed by atoms with van der Waals surface area (Å²) in [6, 6.07) is 1.93. The number of rotatable bonds is 2. The van der Waals surface area contributed by atoms with Crippen molar-refractivity contribution in [2.24, 2.45) is 7.05 Å². The van der Waals surface area contributed by atoms with Crippen LogP contribution in [0.5, 0.6) is 0 Å². The Hall–Kier alpha value is -1.13. The van der Waals surface area contributed by atoms with E-state index in [1.807, 2.05) is 30.1 Å². The molecule has 0 saturated carbocycles. The number of hydrogen-bond acceptors (Lipinski definition) is 3. The number of aromatic nitrogens is 2. The average molecular weight is 208 g/mol. The lowest BCUT2D eigenvalue weighted by molar-refractivity contribution is 0.103. The molecule has 74 valence electrons. The van der Waals surface area contributed by atoms with E-state index in [1.54, 1.807) is 29.1 Å². The Balaban J connectivity index is 2.42.